The predicted octanol–water partition coefficient (Wildman–Crippen LogP) is 11.2. The molecule has 0 aromatic rings. The number of hydrogen-bond donors (Lipinski definition) is 6. The molecule has 0 spiro atoms. The van der Waals surface area contributed by atoms with Gasteiger partial charge in [-0.15, -0.1) is 0 Å². The number of carbonyl (C=O) groups excluding carboxylic acids is 2. The lowest BCUT2D eigenvalue weighted by atomic mass is 9.85. The monoisotopic (exact) mass is 937 g/mol. The first kappa shape index (κ1) is 60.9. The smallest absolute Gasteiger partial charge is 0.462 e. The van der Waals surface area contributed by atoms with Crippen LogP contribution in [0.5, 0.6) is 0 Å². The van der Waals surface area contributed by atoms with Crippen molar-refractivity contribution in [3.8, 4) is 0 Å². The highest BCUT2D eigenvalue weighted by molar-refractivity contribution is 7.47. The van der Waals surface area contributed by atoms with Gasteiger partial charge in [0.15, 0.2) is 6.10 Å². The molecule has 1 aliphatic rings. The molecule has 1 fully saturated rings. The lowest BCUT2D eigenvalue weighted by Crippen LogP contribution is -2.64. The van der Waals surface area contributed by atoms with E-state index in [0.717, 1.165) is 38.5 Å². The van der Waals surface area contributed by atoms with Crippen molar-refractivity contribution in [3.63, 3.8) is 0 Å². The van der Waals surface area contributed by atoms with E-state index in [0.29, 0.717) is 12.8 Å². The Balaban J connectivity index is 2.37. The summed E-state index contributed by atoms with van der Waals surface area (Å²) in [5.74, 6) is -1.08. The molecule has 6 unspecified atom stereocenters. The minimum absolute atomic E-state index is 0.105. The highest BCUT2D eigenvalue weighted by atomic mass is 31.2. The SMILES string of the molecule is CCCCCCCCCCCCCCCCCCCCC(=O)O[C@H](COC(=O)CCCCCCCCCCCCCCCCCCC)COP(=O)(O)OC1C(O)C(O)C(O)[C@H](O)C1O. The number of rotatable bonds is 45. The number of ether oxygens (including phenoxy) is 2. The van der Waals surface area contributed by atoms with Gasteiger partial charge in [0, 0.05) is 12.8 Å². The number of aliphatic hydroxyl groups is 5. The van der Waals surface area contributed by atoms with Crippen molar-refractivity contribution in [2.75, 3.05) is 13.2 Å². The Hall–Kier alpha value is -1.15. The van der Waals surface area contributed by atoms with Gasteiger partial charge in [0.25, 0.3) is 0 Å². The molecule has 0 radical (unpaired) electrons. The van der Waals surface area contributed by atoms with Gasteiger partial charge in [-0.25, -0.2) is 4.57 Å². The topological polar surface area (TPSA) is 210 Å². The van der Waals surface area contributed by atoms with Gasteiger partial charge in [0.2, 0.25) is 0 Å². The number of phosphoric acid groups is 1. The third kappa shape index (κ3) is 32.5. The lowest BCUT2D eigenvalue weighted by molar-refractivity contribution is -0.220. The number of esters is 2. The van der Waals surface area contributed by atoms with Crippen LogP contribution >= 0.6 is 7.82 Å². The Bertz CT molecular complexity index is 1130. The summed E-state index contributed by atoms with van der Waals surface area (Å²) >= 11 is 0. The molecule has 64 heavy (non-hydrogen) atoms. The first-order chi connectivity index (χ1) is 30.9. The molecule has 380 valence electrons. The molecule has 0 aromatic heterocycles. The fourth-order valence-electron chi connectivity index (χ4n) is 8.47. The van der Waals surface area contributed by atoms with Crippen LogP contribution in [0.2, 0.25) is 0 Å². The Morgan fingerprint density at radius 1 is 0.422 bits per heavy atom. The molecule has 0 amide bonds. The third-order valence-electron chi connectivity index (χ3n) is 12.7. The van der Waals surface area contributed by atoms with E-state index in [1.165, 1.54) is 173 Å². The fourth-order valence-corrected chi connectivity index (χ4v) is 9.44. The summed E-state index contributed by atoms with van der Waals surface area (Å²) < 4.78 is 33.7. The zero-order valence-corrected chi connectivity index (χ0v) is 41.5. The summed E-state index contributed by atoms with van der Waals surface area (Å²) in [5.41, 5.74) is 0. The van der Waals surface area contributed by atoms with Crippen LogP contribution in [0.1, 0.15) is 251 Å². The van der Waals surface area contributed by atoms with E-state index < -0.39 is 75.7 Å². The Morgan fingerprint density at radius 3 is 1.03 bits per heavy atom. The number of phosphoric ester groups is 1. The number of unbranched alkanes of at least 4 members (excludes halogenated alkanes) is 33. The Labute approximate surface area is 389 Å². The van der Waals surface area contributed by atoms with E-state index in [1.54, 1.807) is 0 Å². The van der Waals surface area contributed by atoms with Gasteiger partial charge in [0.1, 0.15) is 43.2 Å². The summed E-state index contributed by atoms with van der Waals surface area (Å²) in [6.45, 7) is 3.36. The van der Waals surface area contributed by atoms with Gasteiger partial charge in [0.05, 0.1) is 6.61 Å². The van der Waals surface area contributed by atoms with Gasteiger partial charge in [-0.2, -0.15) is 0 Å². The normalized spacial score (nSPS) is 21.4. The van der Waals surface area contributed by atoms with Crippen molar-refractivity contribution >= 4 is 19.8 Å². The molecule has 1 rings (SSSR count). The number of aliphatic hydroxyl groups excluding tert-OH is 5. The van der Waals surface area contributed by atoms with Crippen molar-refractivity contribution in [2.45, 2.75) is 294 Å². The first-order valence-corrected chi connectivity index (χ1v) is 27.8. The maximum atomic E-state index is 12.8. The van der Waals surface area contributed by atoms with E-state index in [4.69, 9.17) is 18.5 Å². The minimum Gasteiger partial charge on any atom is -0.462 e. The maximum absolute atomic E-state index is 12.8. The van der Waals surface area contributed by atoms with E-state index in [-0.39, 0.29) is 12.8 Å². The van der Waals surface area contributed by atoms with Gasteiger partial charge in [-0.05, 0) is 12.8 Å². The largest absolute Gasteiger partial charge is 0.472 e. The summed E-state index contributed by atoms with van der Waals surface area (Å²) in [6.07, 6.45) is 30.0. The molecule has 0 heterocycles. The summed E-state index contributed by atoms with van der Waals surface area (Å²) in [7, 11) is -5.11. The van der Waals surface area contributed by atoms with Crippen molar-refractivity contribution in [2.24, 2.45) is 0 Å². The van der Waals surface area contributed by atoms with E-state index >= 15 is 0 Å². The average molecular weight is 937 g/mol. The molecule has 1 aliphatic carbocycles. The van der Waals surface area contributed by atoms with Crippen molar-refractivity contribution in [3.05, 3.63) is 0 Å². The maximum Gasteiger partial charge on any atom is 0.472 e. The minimum atomic E-state index is -5.11. The number of carbonyl (C=O) groups is 2. The van der Waals surface area contributed by atoms with Gasteiger partial charge >= 0.3 is 19.8 Å². The van der Waals surface area contributed by atoms with Crippen LogP contribution in [0, 0.1) is 0 Å². The molecular weight excluding hydrogens is 840 g/mol. The highest BCUT2D eigenvalue weighted by Crippen LogP contribution is 2.47. The molecule has 8 atom stereocenters. The number of hydrogen-bond acceptors (Lipinski definition) is 12. The molecule has 13 nitrogen and oxygen atoms in total. The fraction of sp³-hybridized carbons (Fsp3) is 0.960. The summed E-state index contributed by atoms with van der Waals surface area (Å²) in [4.78, 5) is 35.8. The van der Waals surface area contributed by atoms with Crippen LogP contribution in [0.4, 0.5) is 0 Å². The van der Waals surface area contributed by atoms with Gasteiger partial charge < -0.3 is 39.9 Å². The molecule has 0 aliphatic heterocycles. The molecule has 0 aromatic carbocycles. The molecular formula is C50H97O13P. The van der Waals surface area contributed by atoms with Gasteiger partial charge in [-0.3, -0.25) is 18.6 Å². The second-order valence-corrected chi connectivity index (χ2v) is 20.2. The zero-order chi connectivity index (χ0) is 47.1. The Kier molecular flexibility index (Phi) is 38.9. The zero-order valence-electron chi connectivity index (χ0n) is 40.6. The van der Waals surface area contributed by atoms with Crippen LogP contribution in [0.15, 0.2) is 0 Å². The van der Waals surface area contributed by atoms with Crippen molar-refractivity contribution in [1.82, 2.24) is 0 Å². The first-order valence-electron chi connectivity index (χ1n) is 26.3. The second-order valence-electron chi connectivity index (χ2n) is 18.7. The Morgan fingerprint density at radius 2 is 0.703 bits per heavy atom. The van der Waals surface area contributed by atoms with Gasteiger partial charge in [-0.1, -0.05) is 226 Å². The summed E-state index contributed by atoms with van der Waals surface area (Å²) in [6, 6.07) is 0. The highest BCUT2D eigenvalue weighted by Gasteiger charge is 2.51. The van der Waals surface area contributed by atoms with E-state index in [2.05, 4.69) is 13.8 Å². The van der Waals surface area contributed by atoms with Crippen LogP contribution in [0.25, 0.3) is 0 Å². The summed E-state index contributed by atoms with van der Waals surface area (Å²) in [5, 5.41) is 50.3. The van der Waals surface area contributed by atoms with Crippen LogP contribution in [-0.2, 0) is 32.7 Å². The molecule has 0 saturated heterocycles. The van der Waals surface area contributed by atoms with E-state index in [9.17, 15) is 44.6 Å². The lowest BCUT2D eigenvalue weighted by Gasteiger charge is -2.41. The quantitative estimate of drug-likeness (QED) is 0.0191. The second kappa shape index (κ2) is 40.9. The molecule has 1 saturated carbocycles. The predicted molar refractivity (Wildman–Crippen MR) is 254 cm³/mol. The third-order valence-corrected chi connectivity index (χ3v) is 13.7. The van der Waals surface area contributed by atoms with Crippen LogP contribution < -0.4 is 0 Å². The van der Waals surface area contributed by atoms with Crippen LogP contribution in [0.3, 0.4) is 0 Å². The molecule has 6 N–H and O–H groups in total. The average Bonchev–Trinajstić information content (AvgIpc) is 3.28. The molecule has 14 heteroatoms. The molecule has 0 bridgehead atoms. The van der Waals surface area contributed by atoms with Crippen molar-refractivity contribution in [1.29, 1.82) is 0 Å². The van der Waals surface area contributed by atoms with Crippen LogP contribution in [-0.4, -0.2) is 98.3 Å². The van der Waals surface area contributed by atoms with Crippen molar-refractivity contribution < 1.29 is 63.1 Å². The standard InChI is InChI=1S/C50H97O13P/c1-3-5-7-9-11-13-15-17-19-21-23-25-27-29-31-33-35-37-39-44(52)62-42(41-61-64(58,59)63-50-48(56)46(54)45(53)47(55)49(50)57)40-60-43(51)38-36-34-32-30-28-26-24-22-20-18-16-14-12-10-8-6-4-2/h42,45-50,53-57H,3-41H2,1-2H3,(H,58,59)/t42-,45?,46+,47?,48?,49?,50?/m1/s1. The van der Waals surface area contributed by atoms with E-state index in [1.807, 2.05) is 0 Å².